The van der Waals surface area contributed by atoms with Crippen LogP contribution in [0.25, 0.3) is 10.9 Å². The molecule has 0 aliphatic carbocycles. The molecule has 0 aliphatic rings. The maximum atomic E-state index is 12.7. The Morgan fingerprint density at radius 3 is 2.36 bits per heavy atom. The number of benzene rings is 2. The molecule has 2 aromatic carbocycles. The highest BCUT2D eigenvalue weighted by Gasteiger charge is 2.19. The first kappa shape index (κ1) is 14.9. The van der Waals surface area contributed by atoms with E-state index in [1.165, 1.54) is 0 Å². The molecule has 0 unspecified atom stereocenters. The molecule has 1 amide bonds. The van der Waals surface area contributed by atoms with E-state index in [1.54, 1.807) is 0 Å². The molecule has 4 heteroatoms. The van der Waals surface area contributed by atoms with Crippen molar-refractivity contribution in [2.75, 3.05) is 5.32 Å². The summed E-state index contributed by atoms with van der Waals surface area (Å²) in [6.45, 7) is 4.05. The molecular weight excluding hydrogens is 340 g/mol. The van der Waals surface area contributed by atoms with Crippen LogP contribution in [0, 0.1) is 13.8 Å². The number of rotatable bonds is 2. The smallest absolute Gasteiger partial charge is 0.273 e. The fourth-order valence-electron chi connectivity index (χ4n) is 2.84. The summed E-state index contributed by atoms with van der Waals surface area (Å²) < 4.78 is 2.74. The number of aryl methyl sites for hydroxylation is 3. The summed E-state index contributed by atoms with van der Waals surface area (Å²) in [7, 11) is 1.91. The van der Waals surface area contributed by atoms with E-state index in [9.17, 15) is 4.79 Å². The number of fused-ring (bicyclic) bond motifs is 1. The predicted molar refractivity (Wildman–Crippen MR) is 94.5 cm³/mol. The molecule has 0 saturated carbocycles. The average molecular weight is 357 g/mol. The third-order valence-electron chi connectivity index (χ3n) is 3.74. The Hall–Kier alpha value is -2.07. The number of hydrogen-bond acceptors (Lipinski definition) is 1. The van der Waals surface area contributed by atoms with Crippen molar-refractivity contribution in [1.29, 1.82) is 0 Å². The molecule has 0 spiro atoms. The molecule has 1 aromatic heterocycles. The molecule has 0 saturated heterocycles. The molecule has 0 aliphatic heterocycles. The van der Waals surface area contributed by atoms with Crippen LogP contribution >= 0.6 is 15.9 Å². The lowest BCUT2D eigenvalue weighted by Crippen LogP contribution is -2.16. The Morgan fingerprint density at radius 2 is 1.73 bits per heavy atom. The number of carbonyl (C=O) groups excluding carboxylic acids is 1. The Labute approximate surface area is 138 Å². The van der Waals surface area contributed by atoms with Gasteiger partial charge in [0.1, 0.15) is 5.69 Å². The van der Waals surface area contributed by atoms with Gasteiger partial charge in [-0.3, -0.25) is 4.79 Å². The lowest BCUT2D eigenvalue weighted by atomic mass is 10.1. The highest BCUT2D eigenvalue weighted by molar-refractivity contribution is 9.10. The first-order valence-corrected chi connectivity index (χ1v) is 7.89. The van der Waals surface area contributed by atoms with E-state index in [4.69, 9.17) is 0 Å². The minimum atomic E-state index is -0.115. The van der Waals surface area contributed by atoms with Crippen LogP contribution in [0.2, 0.25) is 0 Å². The average Bonchev–Trinajstić information content (AvgIpc) is 2.70. The molecule has 3 aromatic rings. The largest absolute Gasteiger partial charge is 0.339 e. The second-order valence-corrected chi connectivity index (χ2v) is 6.36. The van der Waals surface area contributed by atoms with Gasteiger partial charge in [-0.2, -0.15) is 0 Å². The number of nitrogens with one attached hydrogen (secondary N) is 1. The summed E-state index contributed by atoms with van der Waals surface area (Å²) in [5.41, 5.74) is 4.73. The molecule has 0 bridgehead atoms. The van der Waals surface area contributed by atoms with Gasteiger partial charge in [0.15, 0.2) is 0 Å². The molecular formula is C18H17BrN2O. The molecule has 0 atom stereocenters. The van der Waals surface area contributed by atoms with Gasteiger partial charge in [0.2, 0.25) is 0 Å². The van der Waals surface area contributed by atoms with Gasteiger partial charge < -0.3 is 9.88 Å². The monoisotopic (exact) mass is 356 g/mol. The number of hydrogen-bond donors (Lipinski definition) is 1. The lowest BCUT2D eigenvalue weighted by molar-refractivity contribution is 0.101. The number of amides is 1. The van der Waals surface area contributed by atoms with Crippen LogP contribution in [-0.2, 0) is 7.05 Å². The zero-order valence-electron chi connectivity index (χ0n) is 12.8. The fourth-order valence-corrected chi connectivity index (χ4v) is 3.62. The van der Waals surface area contributed by atoms with Crippen molar-refractivity contribution in [2.45, 2.75) is 13.8 Å². The number of aromatic nitrogens is 1. The van der Waals surface area contributed by atoms with Crippen LogP contribution in [-0.4, -0.2) is 10.5 Å². The van der Waals surface area contributed by atoms with Gasteiger partial charge in [-0.15, -0.1) is 0 Å². The molecule has 22 heavy (non-hydrogen) atoms. The summed E-state index contributed by atoms with van der Waals surface area (Å²) in [6, 6.07) is 14.0. The topological polar surface area (TPSA) is 34.0 Å². The minimum absolute atomic E-state index is 0.115. The Balaban J connectivity index is 2.02. The number of anilines is 1. The van der Waals surface area contributed by atoms with E-state index in [1.807, 2.05) is 61.9 Å². The summed E-state index contributed by atoms with van der Waals surface area (Å²) >= 11 is 3.56. The molecule has 0 fully saturated rings. The van der Waals surface area contributed by atoms with Crippen molar-refractivity contribution in [1.82, 2.24) is 4.57 Å². The van der Waals surface area contributed by atoms with Crippen LogP contribution in [0.3, 0.4) is 0 Å². The van der Waals surface area contributed by atoms with Gasteiger partial charge in [0.05, 0.1) is 4.47 Å². The number of para-hydroxylation sites is 1. The van der Waals surface area contributed by atoms with Crippen molar-refractivity contribution in [3.63, 3.8) is 0 Å². The SMILES string of the molecule is Cc1cc(C)cc(NC(=O)c2c(Br)c3ccccc3n2C)c1. The summed E-state index contributed by atoms with van der Waals surface area (Å²) in [6.07, 6.45) is 0. The van der Waals surface area contributed by atoms with Crippen LogP contribution in [0.15, 0.2) is 46.9 Å². The first-order chi connectivity index (χ1) is 10.5. The Kier molecular flexibility index (Phi) is 3.79. The second-order valence-electron chi connectivity index (χ2n) is 5.57. The third kappa shape index (κ3) is 2.55. The number of carbonyl (C=O) groups is 1. The quantitative estimate of drug-likeness (QED) is 0.702. The van der Waals surface area contributed by atoms with Crippen LogP contribution in [0.1, 0.15) is 21.6 Å². The van der Waals surface area contributed by atoms with Crippen LogP contribution in [0.5, 0.6) is 0 Å². The van der Waals surface area contributed by atoms with Crippen molar-refractivity contribution < 1.29 is 4.79 Å². The number of nitrogens with zero attached hydrogens (tertiary/aromatic N) is 1. The van der Waals surface area contributed by atoms with E-state index in [0.717, 1.165) is 32.2 Å². The minimum Gasteiger partial charge on any atom is -0.339 e. The zero-order valence-corrected chi connectivity index (χ0v) is 14.4. The van der Waals surface area contributed by atoms with E-state index in [-0.39, 0.29) is 5.91 Å². The predicted octanol–water partition coefficient (Wildman–Crippen LogP) is 4.81. The van der Waals surface area contributed by atoms with Crippen molar-refractivity contribution in [2.24, 2.45) is 7.05 Å². The molecule has 1 N–H and O–H groups in total. The summed E-state index contributed by atoms with van der Waals surface area (Å²) in [4.78, 5) is 12.7. The van der Waals surface area contributed by atoms with Crippen molar-refractivity contribution in [3.05, 3.63) is 63.8 Å². The van der Waals surface area contributed by atoms with Gasteiger partial charge in [-0.05, 0) is 59.1 Å². The summed E-state index contributed by atoms with van der Waals surface area (Å²) in [5, 5.41) is 4.03. The van der Waals surface area contributed by atoms with Crippen molar-refractivity contribution >= 4 is 38.4 Å². The van der Waals surface area contributed by atoms with Gasteiger partial charge in [0.25, 0.3) is 5.91 Å². The molecule has 1 heterocycles. The fraction of sp³-hybridized carbons (Fsp3) is 0.167. The summed E-state index contributed by atoms with van der Waals surface area (Å²) in [5.74, 6) is -0.115. The Bertz CT molecular complexity index is 821. The normalized spacial score (nSPS) is 10.9. The van der Waals surface area contributed by atoms with Gasteiger partial charge in [-0.25, -0.2) is 0 Å². The molecule has 112 valence electrons. The highest BCUT2D eigenvalue weighted by atomic mass is 79.9. The van der Waals surface area contributed by atoms with Crippen LogP contribution in [0.4, 0.5) is 5.69 Å². The second kappa shape index (κ2) is 5.61. The van der Waals surface area contributed by atoms with E-state index >= 15 is 0 Å². The molecule has 0 radical (unpaired) electrons. The lowest BCUT2D eigenvalue weighted by Gasteiger charge is -2.09. The van der Waals surface area contributed by atoms with Gasteiger partial charge >= 0.3 is 0 Å². The zero-order chi connectivity index (χ0) is 15.9. The maximum Gasteiger partial charge on any atom is 0.273 e. The Morgan fingerprint density at radius 1 is 1.09 bits per heavy atom. The highest BCUT2D eigenvalue weighted by Crippen LogP contribution is 2.30. The molecule has 3 nitrogen and oxygen atoms in total. The van der Waals surface area contributed by atoms with Crippen molar-refractivity contribution in [3.8, 4) is 0 Å². The van der Waals surface area contributed by atoms with E-state index in [2.05, 4.69) is 27.3 Å². The maximum absolute atomic E-state index is 12.7. The van der Waals surface area contributed by atoms with Crippen LogP contribution < -0.4 is 5.32 Å². The van der Waals surface area contributed by atoms with Gasteiger partial charge in [0, 0.05) is 23.6 Å². The molecule has 3 rings (SSSR count). The number of halogens is 1. The third-order valence-corrected chi connectivity index (χ3v) is 4.54. The first-order valence-electron chi connectivity index (χ1n) is 7.10. The standard InChI is InChI=1S/C18H17BrN2O/c1-11-8-12(2)10-13(9-11)20-18(22)17-16(19)14-6-4-5-7-15(14)21(17)3/h4-10H,1-3H3,(H,20,22). The van der Waals surface area contributed by atoms with E-state index < -0.39 is 0 Å². The van der Waals surface area contributed by atoms with E-state index in [0.29, 0.717) is 5.69 Å². The van der Waals surface area contributed by atoms with Gasteiger partial charge in [-0.1, -0.05) is 24.3 Å².